The summed E-state index contributed by atoms with van der Waals surface area (Å²) in [5, 5.41) is 16.2. The van der Waals surface area contributed by atoms with Crippen molar-refractivity contribution in [3.05, 3.63) is 46.9 Å². The molecule has 1 aromatic heterocycles. The lowest BCUT2D eigenvalue weighted by Gasteiger charge is -2.24. The fourth-order valence-corrected chi connectivity index (χ4v) is 3.50. The van der Waals surface area contributed by atoms with Gasteiger partial charge in [-0.15, -0.1) is 0 Å². The second kappa shape index (κ2) is 7.96. The zero-order valence-corrected chi connectivity index (χ0v) is 16.4. The Hall–Kier alpha value is -3.11. The third-order valence-electron chi connectivity index (χ3n) is 4.68. The molecule has 3 heterocycles. The van der Waals surface area contributed by atoms with Gasteiger partial charge in [0, 0.05) is 30.6 Å². The normalized spacial score (nSPS) is 20.2. The van der Waals surface area contributed by atoms with E-state index in [9.17, 15) is 19.1 Å². The Morgan fingerprint density at radius 3 is 3.07 bits per heavy atom. The van der Waals surface area contributed by atoms with E-state index in [2.05, 4.69) is 15.6 Å². The zero-order chi connectivity index (χ0) is 21.3. The van der Waals surface area contributed by atoms with Crippen molar-refractivity contribution in [3.63, 3.8) is 0 Å². The van der Waals surface area contributed by atoms with Gasteiger partial charge in [0.25, 0.3) is 11.7 Å². The number of nitrogens with zero attached hydrogens (tertiary/aromatic N) is 2. The Labute approximate surface area is 175 Å². The highest BCUT2D eigenvalue weighted by Crippen LogP contribution is 2.34. The van der Waals surface area contributed by atoms with Crippen molar-refractivity contribution in [1.29, 1.82) is 0 Å². The van der Waals surface area contributed by atoms with E-state index in [1.807, 2.05) is 0 Å². The summed E-state index contributed by atoms with van der Waals surface area (Å²) in [5.74, 6) is -2.60. The summed E-state index contributed by atoms with van der Waals surface area (Å²) < 4.78 is 23.9. The third kappa shape index (κ3) is 4.10. The summed E-state index contributed by atoms with van der Waals surface area (Å²) in [6.45, 7) is 1.13. The molecule has 2 aliphatic heterocycles. The first-order valence-corrected chi connectivity index (χ1v) is 9.55. The highest BCUT2D eigenvalue weighted by atomic mass is 35.5. The maximum absolute atomic E-state index is 13.4. The van der Waals surface area contributed by atoms with Crippen molar-refractivity contribution in [3.8, 4) is 5.75 Å². The van der Waals surface area contributed by atoms with Crippen LogP contribution in [-0.4, -0.2) is 47.6 Å². The molecule has 0 radical (unpaired) electrons. The van der Waals surface area contributed by atoms with E-state index in [-0.39, 0.29) is 24.5 Å². The smallest absolute Gasteiger partial charge is 0.410 e. The SMILES string of the molecule is O=C(NCc1cc(F)cc(Cl)c1)OC1(O)CCN(c2cnc3c(c2)OCCN3)C1=O. The van der Waals surface area contributed by atoms with Crippen LogP contribution in [0.3, 0.4) is 0 Å². The van der Waals surface area contributed by atoms with Crippen molar-refractivity contribution in [2.24, 2.45) is 0 Å². The first-order chi connectivity index (χ1) is 14.3. The van der Waals surface area contributed by atoms with Crippen LogP contribution in [-0.2, 0) is 16.1 Å². The number of hydrogen-bond acceptors (Lipinski definition) is 7. The minimum Gasteiger partial charge on any atom is -0.488 e. The van der Waals surface area contributed by atoms with Crippen LogP contribution in [0.4, 0.5) is 20.7 Å². The van der Waals surface area contributed by atoms with Crippen molar-refractivity contribution >= 4 is 35.1 Å². The molecule has 1 unspecified atom stereocenters. The number of alkyl carbamates (subject to hydrolysis) is 1. The topological polar surface area (TPSA) is 113 Å². The first-order valence-electron chi connectivity index (χ1n) is 9.17. The van der Waals surface area contributed by atoms with Gasteiger partial charge in [0.2, 0.25) is 0 Å². The first kappa shape index (κ1) is 20.2. The summed E-state index contributed by atoms with van der Waals surface area (Å²) in [6.07, 6.45) is 0.322. The number of halogens is 2. The van der Waals surface area contributed by atoms with Gasteiger partial charge in [0.05, 0.1) is 18.4 Å². The molecule has 158 valence electrons. The molecule has 0 aliphatic carbocycles. The zero-order valence-electron chi connectivity index (χ0n) is 15.7. The van der Waals surface area contributed by atoms with Gasteiger partial charge in [-0.3, -0.25) is 4.79 Å². The van der Waals surface area contributed by atoms with E-state index >= 15 is 0 Å². The van der Waals surface area contributed by atoms with Crippen molar-refractivity contribution in [2.75, 3.05) is 29.9 Å². The lowest BCUT2D eigenvalue weighted by atomic mass is 10.2. The highest BCUT2D eigenvalue weighted by molar-refractivity contribution is 6.30. The van der Waals surface area contributed by atoms with Gasteiger partial charge in [-0.25, -0.2) is 14.2 Å². The average molecular weight is 437 g/mol. The molecule has 2 aliphatic rings. The number of carbonyl (C=O) groups excluding carboxylic acids is 2. The van der Waals surface area contributed by atoms with E-state index in [1.165, 1.54) is 23.2 Å². The molecule has 30 heavy (non-hydrogen) atoms. The predicted octanol–water partition coefficient (Wildman–Crippen LogP) is 2.03. The number of carbonyl (C=O) groups is 2. The summed E-state index contributed by atoms with van der Waals surface area (Å²) in [4.78, 5) is 30.3. The second-order valence-corrected chi connectivity index (χ2v) is 7.26. The monoisotopic (exact) mass is 436 g/mol. The predicted molar refractivity (Wildman–Crippen MR) is 105 cm³/mol. The van der Waals surface area contributed by atoms with Gasteiger partial charge >= 0.3 is 6.09 Å². The van der Waals surface area contributed by atoms with E-state index < -0.39 is 23.6 Å². The quantitative estimate of drug-likeness (QED) is 0.628. The van der Waals surface area contributed by atoms with Crippen LogP contribution >= 0.6 is 11.6 Å². The minimum absolute atomic E-state index is 0.0939. The lowest BCUT2D eigenvalue weighted by molar-refractivity contribution is -0.175. The van der Waals surface area contributed by atoms with Gasteiger partial charge in [-0.05, 0) is 23.8 Å². The molecular weight excluding hydrogens is 419 g/mol. The number of ether oxygens (including phenoxy) is 2. The van der Waals surface area contributed by atoms with Crippen LogP contribution in [0, 0.1) is 5.82 Å². The Morgan fingerprint density at radius 1 is 1.43 bits per heavy atom. The number of aromatic nitrogens is 1. The molecule has 11 heteroatoms. The standard InChI is InChI=1S/C19H18ClFN4O5/c20-12-5-11(6-13(21)7-12)9-24-18(27)30-19(28)1-3-25(17(19)26)14-8-15-16(23-10-14)22-2-4-29-15/h5-8,10,28H,1-4,9H2,(H,22,23)(H,24,27). The number of anilines is 2. The molecule has 1 aromatic carbocycles. The maximum atomic E-state index is 13.4. The van der Waals surface area contributed by atoms with E-state index in [1.54, 1.807) is 6.07 Å². The molecule has 1 saturated heterocycles. The number of rotatable bonds is 4. The number of nitrogens with one attached hydrogen (secondary N) is 2. The van der Waals surface area contributed by atoms with Crippen LogP contribution in [0.5, 0.6) is 5.75 Å². The number of aliphatic hydroxyl groups is 1. The number of pyridine rings is 1. The fraction of sp³-hybridized carbons (Fsp3) is 0.316. The van der Waals surface area contributed by atoms with Gasteiger partial charge < -0.3 is 30.1 Å². The van der Waals surface area contributed by atoms with Crippen molar-refractivity contribution in [2.45, 2.75) is 18.8 Å². The lowest BCUT2D eigenvalue weighted by Crippen LogP contribution is -2.46. The molecular formula is C19H18ClFN4O5. The van der Waals surface area contributed by atoms with Crippen LogP contribution in [0.25, 0.3) is 0 Å². The molecule has 2 aromatic rings. The number of fused-ring (bicyclic) bond motifs is 1. The molecule has 1 atom stereocenters. The number of amides is 2. The Morgan fingerprint density at radius 2 is 2.27 bits per heavy atom. The fourth-order valence-electron chi connectivity index (χ4n) is 3.26. The van der Waals surface area contributed by atoms with Crippen LogP contribution in [0.15, 0.2) is 30.5 Å². The summed E-state index contributed by atoms with van der Waals surface area (Å²) >= 11 is 5.77. The highest BCUT2D eigenvalue weighted by Gasteiger charge is 2.49. The molecule has 1 fully saturated rings. The van der Waals surface area contributed by atoms with Crippen LogP contribution in [0.2, 0.25) is 5.02 Å². The summed E-state index contributed by atoms with van der Waals surface area (Å²) in [6, 6.07) is 5.44. The Balaban J connectivity index is 1.40. The van der Waals surface area contributed by atoms with Crippen LogP contribution < -0.4 is 20.3 Å². The summed E-state index contributed by atoms with van der Waals surface area (Å²) in [7, 11) is 0. The van der Waals surface area contributed by atoms with Gasteiger partial charge in [0.15, 0.2) is 11.6 Å². The van der Waals surface area contributed by atoms with Crippen LogP contribution in [0.1, 0.15) is 12.0 Å². The second-order valence-electron chi connectivity index (χ2n) is 6.83. The van der Waals surface area contributed by atoms with Gasteiger partial charge in [0.1, 0.15) is 12.4 Å². The Bertz CT molecular complexity index is 987. The van der Waals surface area contributed by atoms with E-state index in [0.717, 1.165) is 6.07 Å². The largest absolute Gasteiger partial charge is 0.488 e. The molecule has 4 rings (SSSR count). The summed E-state index contributed by atoms with van der Waals surface area (Å²) in [5.41, 5.74) is 0.814. The van der Waals surface area contributed by atoms with Gasteiger partial charge in [-0.2, -0.15) is 0 Å². The molecule has 2 amide bonds. The van der Waals surface area contributed by atoms with E-state index in [0.29, 0.717) is 36.0 Å². The molecule has 0 bridgehead atoms. The minimum atomic E-state index is -2.32. The third-order valence-corrected chi connectivity index (χ3v) is 4.89. The molecule has 9 nitrogen and oxygen atoms in total. The van der Waals surface area contributed by atoms with Crippen molar-refractivity contribution < 1.29 is 28.6 Å². The number of hydrogen-bond donors (Lipinski definition) is 3. The maximum Gasteiger partial charge on any atom is 0.410 e. The molecule has 0 spiro atoms. The van der Waals surface area contributed by atoms with E-state index in [4.69, 9.17) is 21.1 Å². The average Bonchev–Trinajstić information content (AvgIpc) is 3.00. The van der Waals surface area contributed by atoms with Gasteiger partial charge in [-0.1, -0.05) is 11.6 Å². The number of benzene rings is 1. The Kier molecular flexibility index (Phi) is 5.35. The molecule has 0 saturated carbocycles. The van der Waals surface area contributed by atoms with Crippen molar-refractivity contribution in [1.82, 2.24) is 10.3 Å². The molecule has 3 N–H and O–H groups in total.